The zero-order chi connectivity index (χ0) is 27.7. The normalized spacial score (nSPS) is 13.7. The Hall–Kier alpha value is -1.21. The van der Waals surface area contributed by atoms with E-state index < -0.39 is 31.2 Å². The van der Waals surface area contributed by atoms with Gasteiger partial charge in [0.05, 0.1) is 0 Å². The maximum Gasteiger partial charge on any atom is 1.00 e. The van der Waals surface area contributed by atoms with Crippen LogP contribution in [0.3, 0.4) is 0 Å². The van der Waals surface area contributed by atoms with E-state index in [2.05, 4.69) is 0 Å². The number of carbonyl (C=O) groups is 2. The Labute approximate surface area is 285 Å². The summed E-state index contributed by atoms with van der Waals surface area (Å²) in [4.78, 5) is 37.9. The van der Waals surface area contributed by atoms with Gasteiger partial charge in [-0.1, -0.05) is 86.6 Å². The molecule has 0 aliphatic rings. The van der Waals surface area contributed by atoms with Gasteiger partial charge in [0.2, 0.25) is 13.3 Å². The van der Waals surface area contributed by atoms with E-state index >= 15 is 0 Å². The number of unbranched alkanes of at least 4 members (excludes halogenated alkanes) is 1. The Bertz CT molecular complexity index is 1250. The van der Waals surface area contributed by atoms with Crippen LogP contribution in [-0.4, -0.2) is 40.2 Å². The van der Waals surface area contributed by atoms with Gasteiger partial charge in [-0.15, -0.1) is 0 Å². The Balaban J connectivity index is 0. The molecule has 0 spiro atoms. The van der Waals surface area contributed by atoms with E-state index in [0.717, 1.165) is 24.0 Å². The van der Waals surface area contributed by atoms with E-state index in [1.807, 2.05) is 86.6 Å². The first kappa shape index (κ1) is 36.8. The minimum Gasteiger partial charge on any atom is -1.00 e. The predicted molar refractivity (Wildman–Crippen MR) is 156 cm³/mol. The molecule has 9 heteroatoms. The molecular formula is C31H40NNa2O5P. The Morgan fingerprint density at radius 3 is 1.88 bits per heavy atom. The van der Waals surface area contributed by atoms with Crippen molar-refractivity contribution in [2.45, 2.75) is 46.1 Å². The molecule has 0 saturated carbocycles. The molecule has 6 nitrogen and oxygen atoms in total. The fraction of sp³-hybridized carbons (Fsp3) is 0.355. The number of aliphatic carboxylic acids is 1. The van der Waals surface area contributed by atoms with Crippen LogP contribution in [0, 0.1) is 11.8 Å². The maximum atomic E-state index is 13.8. The number of amides is 1. The number of carboxylic acid groups (broad SMARTS) is 1. The van der Waals surface area contributed by atoms with Gasteiger partial charge in [0.25, 0.3) is 0 Å². The van der Waals surface area contributed by atoms with Crippen LogP contribution in [0.2, 0.25) is 0 Å². The zero-order valence-corrected chi connectivity index (χ0v) is 29.3. The molecular weight excluding hydrogens is 543 g/mol. The van der Waals surface area contributed by atoms with Crippen molar-refractivity contribution in [2.24, 2.45) is 11.8 Å². The first-order chi connectivity index (χ1) is 18.1. The first-order valence-corrected chi connectivity index (χ1v) is 15.2. The van der Waals surface area contributed by atoms with Crippen molar-refractivity contribution in [3.63, 3.8) is 0 Å². The van der Waals surface area contributed by atoms with Crippen LogP contribution >= 0.6 is 7.37 Å². The molecule has 0 heterocycles. The van der Waals surface area contributed by atoms with Crippen molar-refractivity contribution in [3.05, 3.63) is 90.5 Å². The van der Waals surface area contributed by atoms with Crippen LogP contribution in [0.15, 0.2) is 84.9 Å². The van der Waals surface area contributed by atoms with Gasteiger partial charge in [-0.2, -0.15) is 0 Å². The van der Waals surface area contributed by atoms with Gasteiger partial charge in [0, 0.05) is 23.9 Å². The average Bonchev–Trinajstić information content (AvgIpc) is 2.91. The number of rotatable bonds is 13. The maximum absolute atomic E-state index is 13.8. The van der Waals surface area contributed by atoms with Crippen LogP contribution < -0.4 is 64.0 Å². The standard InChI is InChI=1S/C31H38NO5P.2Na.2H/c1-23(2)29(22-38(36,37)21-11-10-14-25-12-6-4-7-13-25)30(33)32(24(3)31(34)35)28-19-17-27(18-20-28)26-15-8-5-9-16-26;;;;/h4-9,12-13,15-20,23-24,29H,10-11,14,21-22H2,1-3H3,(H,34,35)(H,36,37);;;;/q;2*+1;2*-1/t24-,29?;;;;/m0..../s1. The Morgan fingerprint density at radius 2 is 1.35 bits per heavy atom. The van der Waals surface area contributed by atoms with Crippen molar-refractivity contribution in [1.29, 1.82) is 0 Å². The van der Waals surface area contributed by atoms with Gasteiger partial charge in [0.15, 0.2) is 0 Å². The van der Waals surface area contributed by atoms with Crippen LogP contribution in [-0.2, 0) is 20.6 Å². The minimum atomic E-state index is -3.61. The molecule has 2 unspecified atom stereocenters. The summed E-state index contributed by atoms with van der Waals surface area (Å²) in [5.74, 6) is -2.60. The summed E-state index contributed by atoms with van der Waals surface area (Å²) in [6.45, 7) is 5.13. The second-order valence-corrected chi connectivity index (χ2v) is 12.7. The summed E-state index contributed by atoms with van der Waals surface area (Å²) >= 11 is 0. The van der Waals surface area contributed by atoms with Gasteiger partial charge in [0.1, 0.15) is 6.04 Å². The molecule has 3 aromatic rings. The van der Waals surface area contributed by atoms with Crippen LogP contribution in [0.25, 0.3) is 11.1 Å². The van der Waals surface area contributed by atoms with E-state index in [0.29, 0.717) is 12.1 Å². The van der Waals surface area contributed by atoms with Gasteiger partial charge >= 0.3 is 65.1 Å². The molecule has 0 aliphatic carbocycles. The van der Waals surface area contributed by atoms with Gasteiger partial charge in [-0.25, -0.2) is 4.79 Å². The topological polar surface area (TPSA) is 94.9 Å². The Morgan fingerprint density at radius 1 is 0.825 bits per heavy atom. The van der Waals surface area contributed by atoms with Gasteiger partial charge in [-0.3, -0.25) is 14.3 Å². The largest absolute Gasteiger partial charge is 1.00 e. The molecule has 0 fully saturated rings. The van der Waals surface area contributed by atoms with Crippen molar-refractivity contribution in [2.75, 3.05) is 17.2 Å². The van der Waals surface area contributed by atoms with E-state index in [1.165, 1.54) is 17.4 Å². The molecule has 40 heavy (non-hydrogen) atoms. The molecule has 206 valence electrons. The molecule has 1 amide bonds. The number of nitrogens with zero attached hydrogens (tertiary/aromatic N) is 1. The molecule has 3 atom stereocenters. The number of carbonyl (C=O) groups excluding carboxylic acids is 1. The summed E-state index contributed by atoms with van der Waals surface area (Å²) in [7, 11) is -3.61. The summed E-state index contributed by atoms with van der Waals surface area (Å²) in [5, 5.41) is 9.79. The third kappa shape index (κ3) is 10.9. The van der Waals surface area contributed by atoms with Gasteiger partial charge < -0.3 is 12.9 Å². The summed E-state index contributed by atoms with van der Waals surface area (Å²) in [6.07, 6.45) is 2.16. The number of hydrogen-bond donors (Lipinski definition) is 2. The van der Waals surface area contributed by atoms with Gasteiger partial charge in [-0.05, 0) is 60.9 Å². The number of carboxylic acids is 1. The molecule has 0 bridgehead atoms. The number of anilines is 1. The van der Waals surface area contributed by atoms with E-state index in [4.69, 9.17) is 0 Å². The SMILES string of the molecule is CC(C)C(CP(=O)(O)CCCCc1ccccc1)C(=O)N(c1ccc(-c2ccccc2)cc1)[C@@H](C)C(=O)O.[H-].[H-].[Na+].[Na+]. The summed E-state index contributed by atoms with van der Waals surface area (Å²) in [6, 6.07) is 25.8. The minimum absolute atomic E-state index is 0. The fourth-order valence-corrected chi connectivity index (χ4v) is 6.67. The average molecular weight is 584 g/mol. The number of benzene rings is 3. The summed E-state index contributed by atoms with van der Waals surface area (Å²) in [5.41, 5.74) is 3.59. The third-order valence-electron chi connectivity index (χ3n) is 6.90. The van der Waals surface area contributed by atoms with Crippen molar-refractivity contribution in [1.82, 2.24) is 0 Å². The summed E-state index contributed by atoms with van der Waals surface area (Å²) < 4.78 is 13.2. The number of aryl methyl sites for hydroxylation is 1. The van der Waals surface area contributed by atoms with Crippen LogP contribution in [0.4, 0.5) is 5.69 Å². The molecule has 3 rings (SSSR count). The predicted octanol–water partition coefficient (Wildman–Crippen LogP) is 0.958. The van der Waals surface area contributed by atoms with Crippen molar-refractivity contribution >= 4 is 24.9 Å². The zero-order valence-electron chi connectivity index (χ0n) is 26.4. The third-order valence-corrected chi connectivity index (χ3v) is 8.88. The van der Waals surface area contributed by atoms with E-state index in [9.17, 15) is 24.2 Å². The molecule has 0 aliphatic heterocycles. The monoisotopic (exact) mass is 583 g/mol. The van der Waals surface area contributed by atoms with E-state index in [-0.39, 0.29) is 80.2 Å². The van der Waals surface area contributed by atoms with Crippen molar-refractivity contribution in [3.8, 4) is 11.1 Å². The van der Waals surface area contributed by atoms with Crippen molar-refractivity contribution < 1.29 is 86.1 Å². The second-order valence-electron chi connectivity index (χ2n) is 10.2. The molecule has 0 radical (unpaired) electrons. The quantitative estimate of drug-likeness (QED) is 0.178. The first-order valence-electron chi connectivity index (χ1n) is 13.1. The molecule has 2 N–H and O–H groups in total. The van der Waals surface area contributed by atoms with E-state index in [1.54, 1.807) is 12.1 Å². The van der Waals surface area contributed by atoms with Crippen LogP contribution in [0.1, 0.15) is 42.0 Å². The van der Waals surface area contributed by atoms with Crippen LogP contribution in [0.5, 0.6) is 0 Å². The fourth-order valence-electron chi connectivity index (χ4n) is 4.58. The molecule has 0 saturated heterocycles. The smallest absolute Gasteiger partial charge is 1.00 e. The molecule has 0 aromatic heterocycles. The molecule has 3 aromatic carbocycles. The number of hydrogen-bond acceptors (Lipinski definition) is 3. The Kier molecular flexibility index (Phi) is 16.3. The second kappa shape index (κ2) is 17.7.